The summed E-state index contributed by atoms with van der Waals surface area (Å²) in [6.45, 7) is 1.56. The summed E-state index contributed by atoms with van der Waals surface area (Å²) in [7, 11) is -0.749. The summed E-state index contributed by atoms with van der Waals surface area (Å²) in [5.41, 5.74) is 1.27. The molecule has 0 fully saturated rings. The van der Waals surface area contributed by atoms with E-state index in [2.05, 4.69) is 4.98 Å². The van der Waals surface area contributed by atoms with Gasteiger partial charge in [-0.25, -0.2) is 18.4 Å². The van der Waals surface area contributed by atoms with Crippen molar-refractivity contribution >= 4 is 61.7 Å². The minimum Gasteiger partial charge on any atom is -0.480 e. The number of carboxylic acids is 1. The van der Waals surface area contributed by atoms with Crippen molar-refractivity contribution in [2.75, 3.05) is 31.5 Å². The van der Waals surface area contributed by atoms with E-state index in [1.807, 2.05) is 6.92 Å². The number of aliphatic carboxylic acids is 1. The highest BCUT2D eigenvalue weighted by molar-refractivity contribution is 7.92. The molecule has 0 spiro atoms. The summed E-state index contributed by atoms with van der Waals surface area (Å²) in [6, 6.07) is 13.6. The molecular formula is C26H25Cl2N5O5S. The van der Waals surface area contributed by atoms with Gasteiger partial charge < -0.3 is 9.67 Å². The number of rotatable bonds is 9. The first kappa shape index (κ1) is 28.4. The monoisotopic (exact) mass is 589 g/mol. The quantitative estimate of drug-likeness (QED) is 0.285. The maximum atomic E-state index is 13.5. The molecule has 39 heavy (non-hydrogen) atoms. The fraction of sp³-hybridized carbons (Fsp3) is 0.192. The Bertz CT molecular complexity index is 1650. The van der Waals surface area contributed by atoms with Crippen LogP contribution in [0.1, 0.15) is 17.3 Å². The molecule has 0 aliphatic carbocycles. The van der Waals surface area contributed by atoms with Gasteiger partial charge in [0.05, 0.1) is 16.1 Å². The molecule has 0 aliphatic rings. The Morgan fingerprint density at radius 2 is 1.69 bits per heavy atom. The van der Waals surface area contributed by atoms with E-state index >= 15 is 0 Å². The zero-order chi connectivity index (χ0) is 28.5. The lowest BCUT2D eigenvalue weighted by molar-refractivity contribution is -0.135. The average molecular weight is 590 g/mol. The number of nitrogens with zero attached hydrogens (tertiary/aromatic N) is 5. The first-order valence-electron chi connectivity index (χ1n) is 11.7. The minimum absolute atomic E-state index is 0.102. The second-order valence-corrected chi connectivity index (χ2v) is 11.4. The number of pyridine rings is 1. The smallest absolute Gasteiger partial charge is 0.324 e. The number of hydrazine groups is 1. The summed E-state index contributed by atoms with van der Waals surface area (Å²) in [6.07, 6.45) is 3.28. The van der Waals surface area contributed by atoms with Crippen molar-refractivity contribution in [1.82, 2.24) is 19.6 Å². The van der Waals surface area contributed by atoms with Crippen LogP contribution >= 0.6 is 23.2 Å². The summed E-state index contributed by atoms with van der Waals surface area (Å²) in [5.74, 6) is -1.03. The van der Waals surface area contributed by atoms with E-state index < -0.39 is 22.5 Å². The number of aromatic nitrogens is 2. The highest BCUT2D eigenvalue weighted by Crippen LogP contribution is 2.31. The molecule has 1 N–H and O–H groups in total. The molecule has 0 bridgehead atoms. The third kappa shape index (κ3) is 5.86. The number of carboxylic acid groups (broad SMARTS) is 1. The molecule has 0 radical (unpaired) electrons. The highest BCUT2D eigenvalue weighted by Gasteiger charge is 2.28. The van der Waals surface area contributed by atoms with E-state index in [4.69, 9.17) is 23.2 Å². The number of carbonyl (C=O) groups excluding carboxylic acids is 1. The van der Waals surface area contributed by atoms with Crippen molar-refractivity contribution in [3.05, 3.63) is 82.6 Å². The molecule has 13 heteroatoms. The van der Waals surface area contributed by atoms with Crippen molar-refractivity contribution < 1.29 is 23.1 Å². The Labute approximate surface area is 235 Å². The molecule has 2 aromatic heterocycles. The molecule has 0 saturated carbocycles. The third-order valence-electron chi connectivity index (χ3n) is 5.92. The van der Waals surface area contributed by atoms with Crippen molar-refractivity contribution in [2.45, 2.75) is 11.8 Å². The van der Waals surface area contributed by atoms with E-state index in [0.29, 0.717) is 28.8 Å². The number of sulfonamides is 1. The molecule has 10 nitrogen and oxygen atoms in total. The second kappa shape index (κ2) is 11.2. The van der Waals surface area contributed by atoms with Crippen molar-refractivity contribution in [3.8, 4) is 5.82 Å². The molecule has 4 rings (SSSR count). The van der Waals surface area contributed by atoms with Crippen molar-refractivity contribution in [2.24, 2.45) is 0 Å². The average Bonchev–Trinajstić information content (AvgIpc) is 3.30. The van der Waals surface area contributed by atoms with Crippen LogP contribution in [-0.4, -0.2) is 72.2 Å². The molecule has 2 aromatic carbocycles. The van der Waals surface area contributed by atoms with Gasteiger partial charge in [0.15, 0.2) is 0 Å². The topological polar surface area (TPSA) is 116 Å². The number of anilines is 1. The number of carbonyl (C=O) groups is 2. The molecule has 0 saturated heterocycles. The van der Waals surface area contributed by atoms with Crippen molar-refractivity contribution in [3.63, 3.8) is 0 Å². The molecule has 204 valence electrons. The molecule has 0 atom stereocenters. The van der Waals surface area contributed by atoms with Crippen molar-refractivity contribution in [1.29, 1.82) is 0 Å². The lowest BCUT2D eigenvalue weighted by Crippen LogP contribution is -2.41. The van der Waals surface area contributed by atoms with Crippen LogP contribution in [0.5, 0.6) is 0 Å². The van der Waals surface area contributed by atoms with Gasteiger partial charge in [0, 0.05) is 54.0 Å². The zero-order valence-electron chi connectivity index (χ0n) is 21.2. The fourth-order valence-corrected chi connectivity index (χ4v) is 6.30. The van der Waals surface area contributed by atoms with Gasteiger partial charge in [0.1, 0.15) is 12.4 Å². The van der Waals surface area contributed by atoms with Gasteiger partial charge in [0.2, 0.25) is 0 Å². The van der Waals surface area contributed by atoms with Crippen LogP contribution in [0, 0.1) is 0 Å². The number of hydrogen-bond acceptors (Lipinski definition) is 6. The van der Waals surface area contributed by atoms with E-state index in [1.165, 1.54) is 24.3 Å². The highest BCUT2D eigenvalue weighted by atomic mass is 35.5. The van der Waals surface area contributed by atoms with Gasteiger partial charge in [-0.1, -0.05) is 23.2 Å². The van der Waals surface area contributed by atoms with Crippen LogP contribution in [0.2, 0.25) is 10.0 Å². The first-order valence-corrected chi connectivity index (χ1v) is 13.9. The Morgan fingerprint density at radius 3 is 2.31 bits per heavy atom. The maximum absolute atomic E-state index is 13.5. The van der Waals surface area contributed by atoms with Gasteiger partial charge in [-0.3, -0.25) is 18.9 Å². The normalized spacial score (nSPS) is 11.6. The van der Waals surface area contributed by atoms with Crippen LogP contribution < -0.4 is 4.31 Å². The fourth-order valence-electron chi connectivity index (χ4n) is 4.17. The first-order chi connectivity index (χ1) is 18.4. The predicted molar refractivity (Wildman–Crippen MR) is 150 cm³/mol. The van der Waals surface area contributed by atoms with E-state index in [1.54, 1.807) is 71.4 Å². The van der Waals surface area contributed by atoms with Crippen LogP contribution in [0.15, 0.2) is 71.9 Å². The summed E-state index contributed by atoms with van der Waals surface area (Å²) in [5, 5.41) is 13.6. The SMILES string of the molecule is CCN(C(=O)c1ccnc(-n2ccc3cc(N(CC(=O)O)S(=O)(=O)c4cc(Cl)cc(Cl)c4)ccc32)c1)N(C)C. The summed E-state index contributed by atoms with van der Waals surface area (Å²) >= 11 is 12.0. The Hall–Kier alpha value is -3.64. The molecule has 4 aromatic rings. The molecule has 2 heterocycles. The van der Waals surface area contributed by atoms with Gasteiger partial charge in [-0.05, 0) is 61.5 Å². The lowest BCUT2D eigenvalue weighted by Gasteiger charge is -2.27. The second-order valence-electron chi connectivity index (χ2n) is 8.71. The third-order valence-corrected chi connectivity index (χ3v) is 8.11. The number of halogens is 2. The van der Waals surface area contributed by atoms with Gasteiger partial charge in [-0.15, -0.1) is 0 Å². The minimum atomic E-state index is -4.32. The van der Waals surface area contributed by atoms with Gasteiger partial charge in [0.25, 0.3) is 15.9 Å². The summed E-state index contributed by atoms with van der Waals surface area (Å²) in [4.78, 5) is 28.8. The number of fused-ring (bicyclic) bond motifs is 1. The number of amides is 1. The number of hydrogen-bond donors (Lipinski definition) is 1. The standard InChI is InChI=1S/C26H25Cl2N5O5S/c1-4-32(30(2)3)26(36)18-7-9-29-24(12-18)31-10-8-17-11-21(5-6-23(17)31)33(16-25(34)35)39(37,38)22-14-19(27)13-20(28)15-22/h5-15H,4,16H2,1-3H3,(H,34,35). The Balaban J connectivity index is 1.75. The maximum Gasteiger partial charge on any atom is 0.324 e. The van der Waals surface area contributed by atoms with Crippen LogP contribution in [0.25, 0.3) is 16.7 Å². The Morgan fingerprint density at radius 1 is 1.00 bits per heavy atom. The van der Waals surface area contributed by atoms with E-state index in [-0.39, 0.29) is 26.5 Å². The van der Waals surface area contributed by atoms with Gasteiger partial charge in [-0.2, -0.15) is 0 Å². The largest absolute Gasteiger partial charge is 0.480 e. The zero-order valence-corrected chi connectivity index (χ0v) is 23.6. The lowest BCUT2D eigenvalue weighted by atomic mass is 10.2. The predicted octanol–water partition coefficient (Wildman–Crippen LogP) is 4.55. The summed E-state index contributed by atoms with van der Waals surface area (Å²) < 4.78 is 29.5. The number of benzene rings is 2. The van der Waals surface area contributed by atoms with Gasteiger partial charge >= 0.3 is 5.97 Å². The Kier molecular flexibility index (Phi) is 8.17. The molecule has 1 amide bonds. The molecular weight excluding hydrogens is 565 g/mol. The van der Waals surface area contributed by atoms with E-state index in [9.17, 15) is 23.1 Å². The van der Waals surface area contributed by atoms with E-state index in [0.717, 1.165) is 4.31 Å². The van der Waals surface area contributed by atoms with Crippen LogP contribution in [0.4, 0.5) is 5.69 Å². The van der Waals surface area contributed by atoms with Crippen LogP contribution in [-0.2, 0) is 14.8 Å². The van der Waals surface area contributed by atoms with Crippen LogP contribution in [0.3, 0.4) is 0 Å². The molecule has 0 unspecified atom stereocenters. The molecule has 0 aliphatic heterocycles.